The molecule has 2 rings (SSSR count). The molecule has 3 heteroatoms. The zero-order chi connectivity index (χ0) is 7.14. The molecule has 2 N–H and O–H groups in total. The van der Waals surface area contributed by atoms with Gasteiger partial charge in [-0.2, -0.15) is 5.26 Å². The number of nitrogens with two attached hydrogens (primary N) is 1. The van der Waals surface area contributed by atoms with Crippen LogP contribution < -0.4 is 5.84 Å². The van der Waals surface area contributed by atoms with Gasteiger partial charge >= 0.3 is 0 Å². The van der Waals surface area contributed by atoms with Gasteiger partial charge in [-0.25, -0.2) is 5.01 Å². The Morgan fingerprint density at radius 3 is 2.70 bits per heavy atom. The van der Waals surface area contributed by atoms with Crippen molar-refractivity contribution in [2.24, 2.45) is 17.7 Å². The van der Waals surface area contributed by atoms with Crippen molar-refractivity contribution in [3.05, 3.63) is 0 Å². The molecule has 0 aromatic heterocycles. The molecule has 1 aliphatic carbocycles. The first-order valence-electron chi connectivity index (χ1n) is 3.72. The van der Waals surface area contributed by atoms with E-state index in [1.165, 1.54) is 0 Å². The lowest BCUT2D eigenvalue weighted by atomic mass is 9.97. The molecule has 3 unspecified atom stereocenters. The summed E-state index contributed by atoms with van der Waals surface area (Å²) in [5.74, 6) is 6.53. The average Bonchev–Trinajstić information content (AvgIpc) is 2.44. The Morgan fingerprint density at radius 2 is 2.30 bits per heavy atom. The number of hydrazine groups is 1. The van der Waals surface area contributed by atoms with Crippen molar-refractivity contribution in [3.63, 3.8) is 0 Å². The molecule has 0 aromatic rings. The third-order valence-corrected chi connectivity index (χ3v) is 2.75. The van der Waals surface area contributed by atoms with Crippen molar-refractivity contribution in [1.82, 2.24) is 5.01 Å². The molecular formula is C7H11N3. The Kier molecular flexibility index (Phi) is 1.19. The largest absolute Gasteiger partial charge is 0.269 e. The first kappa shape index (κ1) is 6.14. The normalized spacial score (nSPS) is 45.8. The van der Waals surface area contributed by atoms with E-state index in [1.54, 1.807) is 0 Å². The quantitative estimate of drug-likeness (QED) is 0.481. The molecule has 3 atom stereocenters. The van der Waals surface area contributed by atoms with Crippen molar-refractivity contribution in [1.29, 1.82) is 5.26 Å². The molecule has 1 saturated carbocycles. The minimum Gasteiger partial charge on any atom is -0.269 e. The third kappa shape index (κ3) is 0.664. The maximum absolute atomic E-state index is 8.67. The molecule has 54 valence electrons. The van der Waals surface area contributed by atoms with E-state index in [0.717, 1.165) is 19.4 Å². The highest BCUT2D eigenvalue weighted by molar-refractivity contribution is 5.03. The zero-order valence-electron chi connectivity index (χ0n) is 5.83. The van der Waals surface area contributed by atoms with E-state index >= 15 is 0 Å². The third-order valence-electron chi connectivity index (χ3n) is 2.75. The fourth-order valence-corrected chi connectivity index (χ4v) is 2.15. The van der Waals surface area contributed by atoms with Gasteiger partial charge in [-0.15, -0.1) is 0 Å². The fraction of sp³-hybridized carbons (Fsp3) is 0.857. The summed E-state index contributed by atoms with van der Waals surface area (Å²) in [5, 5.41) is 10.6. The zero-order valence-corrected chi connectivity index (χ0v) is 5.83. The Bertz CT molecular complexity index is 182. The molecule has 1 heterocycles. The predicted octanol–water partition coefficient (Wildman–Crippen LogP) is 0.0941. The lowest BCUT2D eigenvalue weighted by Crippen LogP contribution is -2.40. The average molecular weight is 137 g/mol. The summed E-state index contributed by atoms with van der Waals surface area (Å²) in [7, 11) is 0. The van der Waals surface area contributed by atoms with Gasteiger partial charge in [0.15, 0.2) is 0 Å². The maximum atomic E-state index is 8.67. The lowest BCUT2D eigenvalue weighted by Gasteiger charge is -2.23. The number of nitriles is 1. The molecular weight excluding hydrogens is 126 g/mol. The molecule has 0 amide bonds. The fourth-order valence-electron chi connectivity index (χ4n) is 2.15. The second-order valence-electron chi connectivity index (χ2n) is 3.32. The summed E-state index contributed by atoms with van der Waals surface area (Å²) in [5.41, 5.74) is 0. The molecule has 0 aromatic carbocycles. The molecule has 0 radical (unpaired) electrons. The van der Waals surface area contributed by atoms with E-state index in [9.17, 15) is 0 Å². The Labute approximate surface area is 60.4 Å². The number of hydrogen-bond acceptors (Lipinski definition) is 3. The Balaban J connectivity index is 2.11. The van der Waals surface area contributed by atoms with Gasteiger partial charge in [0.25, 0.3) is 0 Å². The van der Waals surface area contributed by atoms with Crippen LogP contribution in [0.1, 0.15) is 12.8 Å². The standard InChI is InChI=1S/C7H11N3/c8-3-5-1-7-2-6(5)4-10(7)9/h5-7H,1-2,4,9H2. The van der Waals surface area contributed by atoms with E-state index in [2.05, 4.69) is 6.07 Å². The summed E-state index contributed by atoms with van der Waals surface area (Å²) >= 11 is 0. The van der Waals surface area contributed by atoms with E-state index in [0.29, 0.717) is 17.9 Å². The first-order valence-corrected chi connectivity index (χ1v) is 3.72. The van der Waals surface area contributed by atoms with Gasteiger partial charge < -0.3 is 0 Å². The van der Waals surface area contributed by atoms with Gasteiger partial charge in [0.05, 0.1) is 12.0 Å². The molecule has 2 fully saturated rings. The smallest absolute Gasteiger partial charge is 0.0659 e. The SMILES string of the molecule is N#CC1CC2CC1CN2N. The molecule has 10 heavy (non-hydrogen) atoms. The summed E-state index contributed by atoms with van der Waals surface area (Å²) in [6, 6.07) is 2.84. The Morgan fingerprint density at radius 1 is 1.50 bits per heavy atom. The second kappa shape index (κ2) is 1.94. The highest BCUT2D eigenvalue weighted by Crippen LogP contribution is 2.39. The monoisotopic (exact) mass is 137 g/mol. The van der Waals surface area contributed by atoms with E-state index < -0.39 is 0 Å². The number of fused-ring (bicyclic) bond motifs is 2. The van der Waals surface area contributed by atoms with Crippen molar-refractivity contribution in [2.45, 2.75) is 18.9 Å². The predicted molar refractivity (Wildman–Crippen MR) is 36.5 cm³/mol. The van der Waals surface area contributed by atoms with Crippen LogP contribution in [-0.4, -0.2) is 17.6 Å². The van der Waals surface area contributed by atoms with Crippen molar-refractivity contribution < 1.29 is 0 Å². The van der Waals surface area contributed by atoms with Crippen LogP contribution in [0.2, 0.25) is 0 Å². The van der Waals surface area contributed by atoms with Gasteiger partial charge in [0.1, 0.15) is 0 Å². The molecule has 2 bridgehead atoms. The lowest BCUT2D eigenvalue weighted by molar-refractivity contribution is 0.198. The summed E-state index contributed by atoms with van der Waals surface area (Å²) in [6.45, 7) is 0.933. The van der Waals surface area contributed by atoms with Gasteiger partial charge in [0, 0.05) is 12.6 Å². The van der Waals surface area contributed by atoms with E-state index in [-0.39, 0.29) is 0 Å². The Hall–Kier alpha value is -0.590. The summed E-state index contributed by atoms with van der Waals surface area (Å²) in [4.78, 5) is 0. The van der Waals surface area contributed by atoms with Gasteiger partial charge in [-0.1, -0.05) is 0 Å². The molecule has 1 saturated heterocycles. The van der Waals surface area contributed by atoms with Crippen molar-refractivity contribution in [3.8, 4) is 6.07 Å². The highest BCUT2D eigenvalue weighted by Gasteiger charge is 2.43. The van der Waals surface area contributed by atoms with Crippen LogP contribution in [0.15, 0.2) is 0 Å². The van der Waals surface area contributed by atoms with Crippen LogP contribution in [0, 0.1) is 23.2 Å². The molecule has 3 nitrogen and oxygen atoms in total. The second-order valence-corrected chi connectivity index (χ2v) is 3.32. The summed E-state index contributed by atoms with van der Waals surface area (Å²) in [6.07, 6.45) is 2.15. The number of rotatable bonds is 0. The van der Waals surface area contributed by atoms with Crippen LogP contribution in [0.25, 0.3) is 0 Å². The van der Waals surface area contributed by atoms with Crippen LogP contribution in [0.3, 0.4) is 0 Å². The van der Waals surface area contributed by atoms with Crippen LogP contribution in [0.5, 0.6) is 0 Å². The van der Waals surface area contributed by atoms with Gasteiger partial charge in [-0.05, 0) is 18.8 Å². The molecule has 2 aliphatic rings. The van der Waals surface area contributed by atoms with E-state index in [4.69, 9.17) is 11.1 Å². The van der Waals surface area contributed by atoms with Crippen LogP contribution in [-0.2, 0) is 0 Å². The highest BCUT2D eigenvalue weighted by atomic mass is 15.4. The van der Waals surface area contributed by atoms with Crippen LogP contribution in [0.4, 0.5) is 0 Å². The molecule has 0 spiro atoms. The van der Waals surface area contributed by atoms with Gasteiger partial charge in [-0.3, -0.25) is 5.84 Å². The van der Waals surface area contributed by atoms with Crippen molar-refractivity contribution in [2.75, 3.05) is 6.54 Å². The van der Waals surface area contributed by atoms with Gasteiger partial charge in [0.2, 0.25) is 0 Å². The number of piperidine rings is 1. The van der Waals surface area contributed by atoms with E-state index in [1.807, 2.05) is 5.01 Å². The number of nitrogens with zero attached hydrogens (tertiary/aromatic N) is 2. The first-order chi connectivity index (χ1) is 4.81. The van der Waals surface area contributed by atoms with Crippen LogP contribution >= 0.6 is 0 Å². The maximum Gasteiger partial charge on any atom is 0.0659 e. The molecule has 1 aliphatic heterocycles. The minimum atomic E-state index is 0.296. The topological polar surface area (TPSA) is 53.0 Å². The van der Waals surface area contributed by atoms with Crippen molar-refractivity contribution >= 4 is 0 Å². The minimum absolute atomic E-state index is 0.296. The summed E-state index contributed by atoms with van der Waals surface area (Å²) < 4.78 is 0. The number of hydrogen-bond donors (Lipinski definition) is 1.